The van der Waals surface area contributed by atoms with E-state index < -0.39 is 0 Å². The maximum atomic E-state index is 6.04. The van der Waals surface area contributed by atoms with E-state index in [4.69, 9.17) is 5.73 Å². The lowest BCUT2D eigenvalue weighted by atomic mass is 10.2. The highest BCUT2D eigenvalue weighted by atomic mass is 79.9. The molecule has 2 aromatic heterocycles. The van der Waals surface area contributed by atoms with Gasteiger partial charge in [-0.15, -0.1) is 0 Å². The van der Waals surface area contributed by atoms with Crippen LogP contribution in [0.25, 0.3) is 11.3 Å². The molecule has 0 atom stereocenters. The number of nitrogens with two attached hydrogens (primary N) is 1. The summed E-state index contributed by atoms with van der Waals surface area (Å²) >= 11 is 3.47. The van der Waals surface area contributed by atoms with Crippen LogP contribution in [0.3, 0.4) is 0 Å². The molecule has 0 fully saturated rings. The number of benzene rings is 1. The molecule has 0 unspecified atom stereocenters. The fourth-order valence-electron chi connectivity index (χ4n) is 2.07. The van der Waals surface area contributed by atoms with Crippen molar-refractivity contribution in [1.29, 1.82) is 0 Å². The summed E-state index contributed by atoms with van der Waals surface area (Å²) in [5.74, 6) is 0. The minimum Gasteiger partial charge on any atom is -0.396 e. The first kappa shape index (κ1) is 12.9. The van der Waals surface area contributed by atoms with Crippen LogP contribution in [-0.2, 0) is 6.54 Å². The number of rotatable bonds is 3. The molecule has 0 spiro atoms. The molecular formula is C15H13BrN4. The molecular weight excluding hydrogens is 316 g/mol. The highest BCUT2D eigenvalue weighted by molar-refractivity contribution is 9.10. The van der Waals surface area contributed by atoms with E-state index in [2.05, 4.69) is 38.1 Å². The zero-order valence-electron chi connectivity index (χ0n) is 10.7. The lowest BCUT2D eigenvalue weighted by Gasteiger charge is -2.02. The summed E-state index contributed by atoms with van der Waals surface area (Å²) in [5.41, 5.74) is 9.56. The molecule has 3 aromatic rings. The smallest absolute Gasteiger partial charge is 0.117 e. The third-order valence-corrected chi connectivity index (χ3v) is 3.45. The number of pyridine rings is 1. The van der Waals surface area contributed by atoms with Crippen molar-refractivity contribution in [2.45, 2.75) is 6.54 Å². The first-order valence-electron chi connectivity index (χ1n) is 6.20. The molecule has 0 amide bonds. The maximum Gasteiger partial charge on any atom is 0.117 e. The van der Waals surface area contributed by atoms with Crippen molar-refractivity contribution in [3.8, 4) is 11.3 Å². The van der Waals surface area contributed by atoms with E-state index >= 15 is 0 Å². The van der Waals surface area contributed by atoms with Crippen LogP contribution >= 0.6 is 15.9 Å². The van der Waals surface area contributed by atoms with Crippen LogP contribution in [0.4, 0.5) is 5.69 Å². The third kappa shape index (κ3) is 2.72. The molecule has 2 heterocycles. The molecule has 20 heavy (non-hydrogen) atoms. The Morgan fingerprint density at radius 2 is 2.10 bits per heavy atom. The average Bonchev–Trinajstić information content (AvgIpc) is 2.80. The number of anilines is 1. The normalized spacial score (nSPS) is 10.7. The number of halogens is 1. The Hall–Kier alpha value is -2.14. The van der Waals surface area contributed by atoms with Gasteiger partial charge in [0.05, 0.1) is 12.2 Å². The Kier molecular flexibility index (Phi) is 3.52. The van der Waals surface area contributed by atoms with Crippen LogP contribution in [-0.4, -0.2) is 14.8 Å². The number of nitrogens with zero attached hydrogens (tertiary/aromatic N) is 3. The van der Waals surface area contributed by atoms with E-state index in [0.717, 1.165) is 15.7 Å². The van der Waals surface area contributed by atoms with Gasteiger partial charge in [-0.05, 0) is 29.8 Å². The van der Waals surface area contributed by atoms with Gasteiger partial charge >= 0.3 is 0 Å². The van der Waals surface area contributed by atoms with Gasteiger partial charge in [0, 0.05) is 28.6 Å². The molecule has 0 saturated carbocycles. The van der Waals surface area contributed by atoms with E-state index in [9.17, 15) is 0 Å². The molecule has 3 rings (SSSR count). The van der Waals surface area contributed by atoms with E-state index in [1.165, 1.54) is 5.56 Å². The Labute approximate surface area is 125 Å². The van der Waals surface area contributed by atoms with Crippen molar-refractivity contribution in [3.63, 3.8) is 0 Å². The van der Waals surface area contributed by atoms with E-state index in [1.807, 2.05) is 35.1 Å². The summed E-state index contributed by atoms with van der Waals surface area (Å²) in [6, 6.07) is 12.0. The molecule has 4 nitrogen and oxygen atoms in total. The van der Waals surface area contributed by atoms with Gasteiger partial charge in [-0.1, -0.05) is 28.1 Å². The molecule has 5 heteroatoms. The number of nitrogen functional groups attached to an aromatic ring is 1. The zero-order valence-corrected chi connectivity index (χ0v) is 12.3. The lowest BCUT2D eigenvalue weighted by molar-refractivity contribution is 0.689. The topological polar surface area (TPSA) is 56.7 Å². The average molecular weight is 329 g/mol. The minimum atomic E-state index is 0.660. The predicted molar refractivity (Wildman–Crippen MR) is 83.1 cm³/mol. The van der Waals surface area contributed by atoms with E-state index in [0.29, 0.717) is 12.2 Å². The maximum absolute atomic E-state index is 6.04. The predicted octanol–water partition coefficient (Wildman–Crippen LogP) is 3.34. The van der Waals surface area contributed by atoms with Gasteiger partial charge in [0.2, 0.25) is 0 Å². The van der Waals surface area contributed by atoms with Crippen molar-refractivity contribution in [1.82, 2.24) is 14.8 Å². The van der Waals surface area contributed by atoms with Gasteiger partial charge in [0.25, 0.3) is 0 Å². The molecule has 100 valence electrons. The second-order valence-corrected chi connectivity index (χ2v) is 5.42. The second kappa shape index (κ2) is 5.46. The number of hydrogen-bond acceptors (Lipinski definition) is 3. The van der Waals surface area contributed by atoms with Crippen LogP contribution in [0, 0.1) is 0 Å². The molecule has 0 aliphatic rings. The highest BCUT2D eigenvalue weighted by Gasteiger charge is 2.08. The molecule has 0 aliphatic carbocycles. The van der Waals surface area contributed by atoms with Gasteiger partial charge in [0.15, 0.2) is 0 Å². The molecule has 2 N–H and O–H groups in total. The third-order valence-electron chi connectivity index (χ3n) is 2.96. The van der Waals surface area contributed by atoms with Crippen LogP contribution < -0.4 is 5.73 Å². The Bertz CT molecular complexity index is 722. The summed E-state index contributed by atoms with van der Waals surface area (Å²) in [6.45, 7) is 0.684. The summed E-state index contributed by atoms with van der Waals surface area (Å²) in [7, 11) is 0. The van der Waals surface area contributed by atoms with Gasteiger partial charge in [0.1, 0.15) is 5.69 Å². The van der Waals surface area contributed by atoms with Crippen molar-refractivity contribution in [2.75, 3.05) is 5.73 Å². The quantitative estimate of drug-likeness (QED) is 0.802. The van der Waals surface area contributed by atoms with E-state index in [1.54, 1.807) is 12.4 Å². The minimum absolute atomic E-state index is 0.660. The number of aromatic nitrogens is 3. The fraction of sp³-hybridized carbons (Fsp3) is 0.0667. The molecule has 0 bridgehead atoms. The summed E-state index contributed by atoms with van der Waals surface area (Å²) in [6.07, 6.45) is 5.35. The SMILES string of the molecule is Nc1cn(Cc2cccc(Br)c2)nc1-c1cccnc1. The van der Waals surface area contributed by atoms with Gasteiger partial charge in [-0.25, -0.2) is 0 Å². The first-order chi connectivity index (χ1) is 9.72. The molecule has 1 aromatic carbocycles. The standard InChI is InChI=1S/C15H13BrN4/c16-13-5-1-3-11(7-13)9-20-10-14(17)15(19-20)12-4-2-6-18-8-12/h1-8,10H,9,17H2. The Balaban J connectivity index is 1.90. The second-order valence-electron chi connectivity index (χ2n) is 4.50. The van der Waals surface area contributed by atoms with Crippen molar-refractivity contribution < 1.29 is 0 Å². The summed E-state index contributed by atoms with van der Waals surface area (Å²) in [5, 5.41) is 4.54. The summed E-state index contributed by atoms with van der Waals surface area (Å²) < 4.78 is 2.90. The van der Waals surface area contributed by atoms with Crippen LogP contribution in [0.5, 0.6) is 0 Å². The van der Waals surface area contributed by atoms with Crippen molar-refractivity contribution >= 4 is 21.6 Å². The highest BCUT2D eigenvalue weighted by Crippen LogP contribution is 2.23. The van der Waals surface area contributed by atoms with E-state index in [-0.39, 0.29) is 0 Å². The Morgan fingerprint density at radius 3 is 2.85 bits per heavy atom. The lowest BCUT2D eigenvalue weighted by Crippen LogP contribution is -2.00. The van der Waals surface area contributed by atoms with Crippen LogP contribution in [0.1, 0.15) is 5.56 Å². The van der Waals surface area contributed by atoms with Gasteiger partial charge in [-0.2, -0.15) is 5.10 Å². The monoisotopic (exact) mass is 328 g/mol. The van der Waals surface area contributed by atoms with Crippen molar-refractivity contribution in [3.05, 3.63) is 65.0 Å². The largest absolute Gasteiger partial charge is 0.396 e. The van der Waals surface area contributed by atoms with Crippen LogP contribution in [0.15, 0.2) is 59.5 Å². The summed E-state index contributed by atoms with van der Waals surface area (Å²) in [4.78, 5) is 4.10. The van der Waals surface area contributed by atoms with Crippen LogP contribution in [0.2, 0.25) is 0 Å². The Morgan fingerprint density at radius 1 is 1.20 bits per heavy atom. The molecule has 0 aliphatic heterocycles. The van der Waals surface area contributed by atoms with Crippen molar-refractivity contribution in [2.24, 2.45) is 0 Å². The molecule has 0 radical (unpaired) electrons. The van der Waals surface area contributed by atoms with Gasteiger partial charge < -0.3 is 5.73 Å². The fourth-order valence-corrected chi connectivity index (χ4v) is 2.51. The zero-order chi connectivity index (χ0) is 13.9. The first-order valence-corrected chi connectivity index (χ1v) is 6.99. The van der Waals surface area contributed by atoms with Gasteiger partial charge in [-0.3, -0.25) is 9.67 Å². The molecule has 0 saturated heterocycles. The number of hydrogen-bond donors (Lipinski definition) is 1.